The maximum absolute atomic E-state index is 13.1. The van der Waals surface area contributed by atoms with Gasteiger partial charge in [-0.1, -0.05) is 51.1 Å². The number of benzene rings is 1. The molecular formula is C21H28O3Si. The van der Waals surface area contributed by atoms with Crippen molar-refractivity contribution >= 4 is 19.9 Å². The number of Topliss-reactive ketones (excluding diaryl/α,β-unsaturated/α-hetero) is 2. The number of hydrogen-bond donors (Lipinski definition) is 0. The van der Waals surface area contributed by atoms with Gasteiger partial charge in [0.25, 0.3) is 0 Å². The molecule has 0 amide bonds. The molecule has 3 nitrogen and oxygen atoms in total. The molecule has 0 spiro atoms. The fraction of sp³-hybridized carbons (Fsp3) is 0.429. The highest BCUT2D eigenvalue weighted by atomic mass is 28.4. The van der Waals surface area contributed by atoms with Crippen LogP contribution in [0.4, 0.5) is 0 Å². The van der Waals surface area contributed by atoms with E-state index in [0.29, 0.717) is 28.7 Å². The van der Waals surface area contributed by atoms with Gasteiger partial charge in [-0.3, -0.25) is 9.59 Å². The third-order valence-electron chi connectivity index (χ3n) is 5.29. The fourth-order valence-electron chi connectivity index (χ4n) is 2.90. The molecule has 1 aromatic carbocycles. The van der Waals surface area contributed by atoms with Gasteiger partial charge in [-0.05, 0) is 31.5 Å². The first kappa shape index (κ1) is 19.5. The summed E-state index contributed by atoms with van der Waals surface area (Å²) < 4.78 is 6.43. The lowest BCUT2D eigenvalue weighted by molar-refractivity contribution is 0.0945. The molecular weight excluding hydrogens is 328 g/mol. The van der Waals surface area contributed by atoms with Crippen LogP contribution < -0.4 is 0 Å². The predicted octanol–water partition coefficient (Wildman–Crippen LogP) is 5.35. The van der Waals surface area contributed by atoms with Crippen molar-refractivity contribution in [3.8, 4) is 0 Å². The zero-order valence-electron chi connectivity index (χ0n) is 16.1. The summed E-state index contributed by atoms with van der Waals surface area (Å²) in [6.45, 7) is 16.4. The van der Waals surface area contributed by atoms with Crippen LogP contribution in [0.2, 0.25) is 18.1 Å². The largest absolute Gasteiger partial charge is 0.410 e. The molecule has 1 aliphatic carbocycles. The van der Waals surface area contributed by atoms with Gasteiger partial charge in [0.15, 0.2) is 19.9 Å². The maximum Gasteiger partial charge on any atom is 0.192 e. The van der Waals surface area contributed by atoms with Gasteiger partial charge in [0.05, 0.1) is 6.10 Å². The van der Waals surface area contributed by atoms with Crippen LogP contribution in [-0.2, 0) is 4.43 Å². The molecule has 0 N–H and O–H groups in total. The van der Waals surface area contributed by atoms with E-state index in [4.69, 9.17) is 4.43 Å². The Hall–Kier alpha value is -1.78. The van der Waals surface area contributed by atoms with Gasteiger partial charge < -0.3 is 4.43 Å². The van der Waals surface area contributed by atoms with Crippen LogP contribution >= 0.6 is 0 Å². The van der Waals surface area contributed by atoms with Crippen LogP contribution in [0, 0.1) is 0 Å². The molecule has 1 aliphatic rings. The van der Waals surface area contributed by atoms with Crippen molar-refractivity contribution in [3.63, 3.8) is 0 Å². The number of hydrogen-bond acceptors (Lipinski definition) is 3. The number of rotatable bonds is 5. The van der Waals surface area contributed by atoms with Crippen LogP contribution in [0.15, 0.2) is 48.1 Å². The number of fused-ring (bicyclic) bond motifs is 1. The average Bonchev–Trinajstić information content (AvgIpc) is 2.51. The summed E-state index contributed by atoms with van der Waals surface area (Å²) in [6.07, 6.45) is 1.63. The van der Waals surface area contributed by atoms with Gasteiger partial charge in [-0.2, -0.15) is 0 Å². The molecule has 0 saturated carbocycles. The highest BCUT2D eigenvalue weighted by Gasteiger charge is 2.41. The Morgan fingerprint density at radius 2 is 1.64 bits per heavy atom. The van der Waals surface area contributed by atoms with Crippen molar-refractivity contribution in [2.24, 2.45) is 0 Å². The Labute approximate surface area is 151 Å². The highest BCUT2D eigenvalue weighted by Crippen LogP contribution is 2.39. The molecule has 134 valence electrons. The number of carbonyl (C=O) groups is 2. The van der Waals surface area contributed by atoms with Crippen LogP contribution in [0.1, 0.15) is 54.8 Å². The molecule has 0 radical (unpaired) electrons. The van der Waals surface area contributed by atoms with E-state index >= 15 is 0 Å². The van der Waals surface area contributed by atoms with E-state index in [1.807, 2.05) is 6.92 Å². The van der Waals surface area contributed by atoms with Crippen molar-refractivity contribution < 1.29 is 14.0 Å². The van der Waals surface area contributed by atoms with E-state index in [0.717, 1.165) is 0 Å². The van der Waals surface area contributed by atoms with Gasteiger partial charge in [0, 0.05) is 22.3 Å². The predicted molar refractivity (Wildman–Crippen MR) is 105 cm³/mol. The number of ketones is 2. The summed E-state index contributed by atoms with van der Waals surface area (Å²) in [5, 5.41) is 0.0278. The fourth-order valence-corrected chi connectivity index (χ4v) is 4.26. The van der Waals surface area contributed by atoms with Gasteiger partial charge in [0.2, 0.25) is 0 Å². The third kappa shape index (κ3) is 3.60. The van der Waals surface area contributed by atoms with Crippen molar-refractivity contribution in [2.75, 3.05) is 0 Å². The molecule has 1 aromatic rings. The maximum atomic E-state index is 13.1. The van der Waals surface area contributed by atoms with Crippen LogP contribution in [-0.4, -0.2) is 26.0 Å². The molecule has 2 rings (SSSR count). The molecule has 0 unspecified atom stereocenters. The highest BCUT2D eigenvalue weighted by molar-refractivity contribution is 6.74. The summed E-state index contributed by atoms with van der Waals surface area (Å²) in [7, 11) is -2.07. The lowest BCUT2D eigenvalue weighted by atomic mass is 9.81. The Morgan fingerprint density at radius 1 is 1.12 bits per heavy atom. The lowest BCUT2D eigenvalue weighted by Gasteiger charge is -2.39. The molecule has 0 aromatic heterocycles. The van der Waals surface area contributed by atoms with Gasteiger partial charge in [0.1, 0.15) is 0 Å². The third-order valence-corrected chi connectivity index (χ3v) is 9.85. The van der Waals surface area contributed by atoms with Crippen molar-refractivity contribution in [1.82, 2.24) is 0 Å². The second-order valence-corrected chi connectivity index (χ2v) is 12.9. The molecule has 0 fully saturated rings. The van der Waals surface area contributed by atoms with E-state index < -0.39 is 14.4 Å². The van der Waals surface area contributed by atoms with Crippen molar-refractivity contribution in [3.05, 3.63) is 59.2 Å². The first-order valence-corrected chi connectivity index (χ1v) is 11.6. The van der Waals surface area contributed by atoms with Gasteiger partial charge in [-0.25, -0.2) is 0 Å². The van der Waals surface area contributed by atoms with Crippen LogP contribution in [0.3, 0.4) is 0 Å². The van der Waals surface area contributed by atoms with E-state index in [1.165, 1.54) is 0 Å². The number of allylic oxidation sites excluding steroid dienone is 2. The quantitative estimate of drug-likeness (QED) is 0.528. The Bertz CT molecular complexity index is 751. The monoisotopic (exact) mass is 356 g/mol. The molecule has 4 heteroatoms. The van der Waals surface area contributed by atoms with Crippen LogP contribution in [0.25, 0.3) is 0 Å². The smallest absolute Gasteiger partial charge is 0.192 e. The first-order valence-electron chi connectivity index (χ1n) is 8.71. The van der Waals surface area contributed by atoms with Crippen molar-refractivity contribution in [1.29, 1.82) is 0 Å². The van der Waals surface area contributed by atoms with Gasteiger partial charge >= 0.3 is 0 Å². The molecule has 1 atom stereocenters. The van der Waals surface area contributed by atoms with Crippen molar-refractivity contribution in [2.45, 2.75) is 58.4 Å². The zero-order valence-corrected chi connectivity index (χ0v) is 17.1. The Balaban J connectivity index is 2.52. The Morgan fingerprint density at radius 3 is 2.12 bits per heavy atom. The zero-order chi connectivity index (χ0) is 19.0. The normalized spacial score (nSPS) is 16.7. The second-order valence-electron chi connectivity index (χ2n) is 8.11. The summed E-state index contributed by atoms with van der Waals surface area (Å²) in [6, 6.07) is 7.02. The Kier molecular flexibility index (Phi) is 5.35. The average molecular weight is 357 g/mol. The summed E-state index contributed by atoms with van der Waals surface area (Å²) in [5.41, 5.74) is 1.96. The van der Waals surface area contributed by atoms with E-state index in [2.05, 4.69) is 40.4 Å². The topological polar surface area (TPSA) is 43.4 Å². The van der Waals surface area contributed by atoms with E-state index in [1.54, 1.807) is 30.3 Å². The standard InChI is InChI=1S/C21H28O3Si/c1-8-11-17-18(14(2)24-25(6,7)21(3,4)5)20(23)16-13-10-9-12-15(16)19(17)22/h8-10,12-14H,1,11H2,2-7H3/t14-/m1/s1. The SMILES string of the molecule is C=CCC1=C([C@@H](C)O[Si](C)(C)C(C)(C)C)C(=O)c2ccccc2C1=O. The molecule has 0 aliphatic heterocycles. The van der Waals surface area contributed by atoms with E-state index in [9.17, 15) is 9.59 Å². The summed E-state index contributed by atoms with van der Waals surface area (Å²) in [4.78, 5) is 26.0. The molecule has 25 heavy (non-hydrogen) atoms. The minimum absolute atomic E-state index is 0.0278. The first-order chi connectivity index (χ1) is 11.5. The lowest BCUT2D eigenvalue weighted by Crippen LogP contribution is -2.45. The summed E-state index contributed by atoms with van der Waals surface area (Å²) >= 11 is 0. The molecule has 0 bridgehead atoms. The minimum atomic E-state index is -2.07. The summed E-state index contributed by atoms with van der Waals surface area (Å²) in [5.74, 6) is -0.186. The molecule has 0 heterocycles. The minimum Gasteiger partial charge on any atom is -0.410 e. The van der Waals surface area contributed by atoms with Crippen LogP contribution in [0.5, 0.6) is 0 Å². The van der Waals surface area contributed by atoms with Gasteiger partial charge in [-0.15, -0.1) is 6.58 Å². The second kappa shape index (κ2) is 6.85. The molecule has 0 saturated heterocycles. The number of carbonyl (C=O) groups excluding carboxylic acids is 2. The van der Waals surface area contributed by atoms with E-state index in [-0.39, 0.29) is 16.6 Å².